The first kappa shape index (κ1) is 25.0. The number of esters is 1. The van der Waals surface area contributed by atoms with Crippen LogP contribution in [0, 0.1) is 5.92 Å². The Bertz CT molecular complexity index is 1090. The van der Waals surface area contributed by atoms with Gasteiger partial charge in [0.15, 0.2) is 0 Å². The van der Waals surface area contributed by atoms with E-state index in [0.29, 0.717) is 32.5 Å². The number of fused-ring (bicyclic) bond motifs is 1. The number of amides is 1. The molecule has 4 rings (SSSR count). The summed E-state index contributed by atoms with van der Waals surface area (Å²) in [6.45, 7) is 12.4. The minimum absolute atomic E-state index is 0.0145. The number of ether oxygens (including phenoxy) is 3. The van der Waals surface area contributed by atoms with Crippen LogP contribution in [-0.2, 0) is 14.3 Å². The van der Waals surface area contributed by atoms with Crippen molar-refractivity contribution in [2.45, 2.75) is 63.8 Å². The van der Waals surface area contributed by atoms with Crippen LogP contribution in [0.3, 0.4) is 0 Å². The van der Waals surface area contributed by atoms with Crippen molar-refractivity contribution in [2.75, 3.05) is 19.7 Å². The SMILES string of the molecule is C=C[C@@H]1C[C@]1(NC[C@@H]1C[C@@H](Oc2cccc3ccccc23)CN1C(=O)OC(C)(C)C)C(=O)OCC. The van der Waals surface area contributed by atoms with E-state index in [1.54, 1.807) is 17.9 Å². The van der Waals surface area contributed by atoms with E-state index in [0.717, 1.165) is 16.5 Å². The van der Waals surface area contributed by atoms with Gasteiger partial charge in [-0.1, -0.05) is 42.5 Å². The third kappa shape index (κ3) is 5.45. The zero-order chi connectivity index (χ0) is 25.2. The van der Waals surface area contributed by atoms with Crippen molar-refractivity contribution >= 4 is 22.8 Å². The highest BCUT2D eigenvalue weighted by atomic mass is 16.6. The van der Waals surface area contributed by atoms with Crippen LogP contribution in [0.15, 0.2) is 55.1 Å². The van der Waals surface area contributed by atoms with E-state index < -0.39 is 11.1 Å². The molecule has 35 heavy (non-hydrogen) atoms. The van der Waals surface area contributed by atoms with E-state index in [9.17, 15) is 9.59 Å². The van der Waals surface area contributed by atoms with E-state index in [-0.39, 0.29) is 30.1 Å². The summed E-state index contributed by atoms with van der Waals surface area (Å²) in [7, 11) is 0. The molecule has 7 nitrogen and oxygen atoms in total. The van der Waals surface area contributed by atoms with E-state index in [1.807, 2.05) is 51.1 Å². The minimum Gasteiger partial charge on any atom is -0.488 e. The molecule has 0 unspecified atom stereocenters. The van der Waals surface area contributed by atoms with Gasteiger partial charge in [0, 0.05) is 24.3 Å². The van der Waals surface area contributed by atoms with Crippen molar-refractivity contribution in [3.05, 3.63) is 55.1 Å². The highest BCUT2D eigenvalue weighted by Crippen LogP contribution is 2.45. The number of hydrogen-bond donors (Lipinski definition) is 1. The molecule has 1 aliphatic heterocycles. The van der Waals surface area contributed by atoms with Gasteiger partial charge in [0.05, 0.1) is 19.2 Å². The molecule has 1 heterocycles. The molecule has 0 bridgehead atoms. The van der Waals surface area contributed by atoms with Gasteiger partial charge in [0.25, 0.3) is 0 Å². The molecule has 7 heteroatoms. The molecule has 0 spiro atoms. The van der Waals surface area contributed by atoms with E-state index >= 15 is 0 Å². The number of rotatable bonds is 8. The van der Waals surface area contributed by atoms with Crippen LogP contribution >= 0.6 is 0 Å². The first-order valence-corrected chi connectivity index (χ1v) is 12.4. The van der Waals surface area contributed by atoms with Gasteiger partial charge in [-0.15, -0.1) is 6.58 Å². The van der Waals surface area contributed by atoms with Crippen LogP contribution < -0.4 is 10.1 Å². The van der Waals surface area contributed by atoms with Gasteiger partial charge >= 0.3 is 12.1 Å². The second-order valence-corrected chi connectivity index (χ2v) is 10.4. The summed E-state index contributed by atoms with van der Waals surface area (Å²) >= 11 is 0. The van der Waals surface area contributed by atoms with Gasteiger partial charge in [-0.05, 0) is 45.6 Å². The third-order valence-electron chi connectivity index (χ3n) is 6.64. The number of carbonyl (C=O) groups is 2. The highest BCUT2D eigenvalue weighted by Gasteiger charge is 2.60. The molecule has 1 saturated carbocycles. The molecule has 2 aromatic rings. The Kier molecular flexibility index (Phi) is 7.08. The maximum absolute atomic E-state index is 13.1. The summed E-state index contributed by atoms with van der Waals surface area (Å²) < 4.78 is 17.4. The second-order valence-electron chi connectivity index (χ2n) is 10.4. The number of carbonyl (C=O) groups excluding carboxylic acids is 2. The zero-order valence-corrected chi connectivity index (χ0v) is 21.1. The maximum atomic E-state index is 13.1. The summed E-state index contributed by atoms with van der Waals surface area (Å²) in [4.78, 5) is 27.5. The van der Waals surface area contributed by atoms with Crippen LogP contribution in [0.5, 0.6) is 5.75 Å². The predicted octanol–water partition coefficient (Wildman–Crippen LogP) is 4.69. The van der Waals surface area contributed by atoms with Crippen LogP contribution in [-0.4, -0.2) is 59.9 Å². The zero-order valence-electron chi connectivity index (χ0n) is 21.1. The standard InChI is InChI=1S/C28H36N2O5/c1-6-20-16-28(20,25(31)33-7-2)29-17-21-15-22(18-30(21)26(32)35-27(3,4)5)34-24-14-10-12-19-11-8-9-13-23(19)24/h6,8-14,20-22,29H,1,7,15-18H2,2-5H3/t20-,21+,22-,28-/m1/s1. The van der Waals surface area contributed by atoms with Gasteiger partial charge in [0.1, 0.15) is 23.0 Å². The average Bonchev–Trinajstić information content (AvgIpc) is 3.40. The predicted molar refractivity (Wildman–Crippen MR) is 135 cm³/mol. The lowest BCUT2D eigenvalue weighted by atomic mass is 10.1. The molecule has 0 aromatic heterocycles. The van der Waals surface area contributed by atoms with Gasteiger partial charge < -0.3 is 19.1 Å². The van der Waals surface area contributed by atoms with Crippen LogP contribution in [0.4, 0.5) is 4.79 Å². The number of likely N-dealkylation sites (tertiary alicyclic amines) is 1. The molecule has 1 amide bonds. The maximum Gasteiger partial charge on any atom is 0.410 e. The van der Waals surface area contributed by atoms with Gasteiger partial charge in [-0.3, -0.25) is 10.1 Å². The fourth-order valence-corrected chi connectivity index (χ4v) is 4.82. The monoisotopic (exact) mass is 480 g/mol. The van der Waals surface area contributed by atoms with Crippen molar-refractivity contribution in [3.8, 4) is 5.75 Å². The molecule has 2 aliphatic rings. The number of hydrogen-bond acceptors (Lipinski definition) is 6. The molecule has 1 N–H and O–H groups in total. The van der Waals surface area contributed by atoms with Gasteiger partial charge in [0.2, 0.25) is 0 Å². The summed E-state index contributed by atoms with van der Waals surface area (Å²) in [6, 6.07) is 13.9. The Morgan fingerprint density at radius 3 is 2.63 bits per heavy atom. The lowest BCUT2D eigenvalue weighted by Crippen LogP contribution is -2.50. The van der Waals surface area contributed by atoms with Crippen molar-refractivity contribution < 1.29 is 23.8 Å². The lowest BCUT2D eigenvalue weighted by molar-refractivity contribution is -0.147. The second kappa shape index (κ2) is 9.90. The van der Waals surface area contributed by atoms with Crippen molar-refractivity contribution in [1.82, 2.24) is 10.2 Å². The van der Waals surface area contributed by atoms with Gasteiger partial charge in [-0.2, -0.15) is 0 Å². The Morgan fingerprint density at radius 2 is 1.94 bits per heavy atom. The fourth-order valence-electron chi connectivity index (χ4n) is 4.82. The summed E-state index contributed by atoms with van der Waals surface area (Å²) in [5, 5.41) is 5.55. The Balaban J connectivity index is 1.51. The first-order valence-electron chi connectivity index (χ1n) is 12.4. The van der Waals surface area contributed by atoms with Crippen molar-refractivity contribution in [1.29, 1.82) is 0 Å². The molecule has 188 valence electrons. The Morgan fingerprint density at radius 1 is 1.20 bits per heavy atom. The minimum atomic E-state index is -0.772. The lowest BCUT2D eigenvalue weighted by Gasteiger charge is -2.29. The van der Waals surface area contributed by atoms with Crippen LogP contribution in [0.25, 0.3) is 10.8 Å². The topological polar surface area (TPSA) is 77.1 Å². The van der Waals surface area contributed by atoms with Crippen LogP contribution in [0.2, 0.25) is 0 Å². The van der Waals surface area contributed by atoms with E-state index in [4.69, 9.17) is 14.2 Å². The number of benzene rings is 2. The van der Waals surface area contributed by atoms with Crippen LogP contribution in [0.1, 0.15) is 40.5 Å². The van der Waals surface area contributed by atoms with Gasteiger partial charge in [-0.25, -0.2) is 4.79 Å². The van der Waals surface area contributed by atoms with Crippen molar-refractivity contribution in [3.63, 3.8) is 0 Å². The molecule has 1 aliphatic carbocycles. The summed E-state index contributed by atoms with van der Waals surface area (Å²) in [6.07, 6.45) is 2.47. The van der Waals surface area contributed by atoms with E-state index in [2.05, 4.69) is 24.0 Å². The number of nitrogens with one attached hydrogen (secondary N) is 1. The molecular formula is C28H36N2O5. The molecule has 2 fully saturated rings. The van der Waals surface area contributed by atoms with E-state index in [1.165, 1.54) is 0 Å². The Labute approximate surface area is 207 Å². The largest absolute Gasteiger partial charge is 0.488 e. The smallest absolute Gasteiger partial charge is 0.410 e. The Hall–Kier alpha value is -3.06. The first-order chi connectivity index (χ1) is 16.7. The summed E-state index contributed by atoms with van der Waals surface area (Å²) in [5.41, 5.74) is -1.38. The molecule has 4 atom stereocenters. The molecule has 1 saturated heterocycles. The fraction of sp³-hybridized carbons (Fsp3) is 0.500. The highest BCUT2D eigenvalue weighted by molar-refractivity contribution is 5.88. The quantitative estimate of drug-likeness (QED) is 0.436. The average molecular weight is 481 g/mol. The number of nitrogens with zero attached hydrogens (tertiary/aromatic N) is 1. The van der Waals surface area contributed by atoms with Crippen molar-refractivity contribution in [2.24, 2.45) is 5.92 Å². The normalized spacial score (nSPS) is 25.8. The molecular weight excluding hydrogens is 444 g/mol. The molecule has 2 aromatic carbocycles. The summed E-state index contributed by atoms with van der Waals surface area (Å²) in [5.74, 6) is 0.540. The third-order valence-corrected chi connectivity index (χ3v) is 6.64. The molecule has 0 radical (unpaired) electrons.